The maximum Gasteiger partial charge on any atom is 0.255 e. The van der Waals surface area contributed by atoms with Crippen molar-refractivity contribution in [3.05, 3.63) is 23.8 Å². The second kappa shape index (κ2) is 9.91. The van der Waals surface area contributed by atoms with Crippen molar-refractivity contribution < 1.29 is 17.9 Å². The van der Waals surface area contributed by atoms with E-state index in [0.717, 1.165) is 44.5 Å². The van der Waals surface area contributed by atoms with E-state index in [-0.39, 0.29) is 10.8 Å². The Morgan fingerprint density at radius 2 is 1.79 bits per heavy atom. The number of rotatable bonds is 7. The molecule has 0 unspecified atom stereocenters. The minimum Gasteiger partial charge on any atom is -0.379 e. The molecule has 1 amide bonds. The fourth-order valence-electron chi connectivity index (χ4n) is 3.90. The summed E-state index contributed by atoms with van der Waals surface area (Å²) in [5, 5.41) is 0. The van der Waals surface area contributed by atoms with E-state index in [2.05, 4.69) is 11.8 Å². The van der Waals surface area contributed by atoms with E-state index >= 15 is 0 Å². The van der Waals surface area contributed by atoms with Crippen LogP contribution in [0.15, 0.2) is 23.1 Å². The zero-order valence-corrected chi connectivity index (χ0v) is 18.4. The lowest BCUT2D eigenvalue weighted by Gasteiger charge is -2.32. The summed E-state index contributed by atoms with van der Waals surface area (Å²) in [5.74, 6) is -0.113. The normalized spacial score (nSPS) is 18.6. The lowest BCUT2D eigenvalue weighted by atomic mass is 10.1. The van der Waals surface area contributed by atoms with Gasteiger partial charge >= 0.3 is 0 Å². The number of piperidine rings is 1. The molecule has 2 fully saturated rings. The summed E-state index contributed by atoms with van der Waals surface area (Å²) in [6, 6.07) is 5.05. The van der Waals surface area contributed by atoms with Crippen molar-refractivity contribution in [2.45, 2.75) is 43.9 Å². The number of ether oxygens (including phenoxy) is 1. The lowest BCUT2D eigenvalue weighted by Crippen LogP contribution is -2.40. The molecule has 0 radical (unpaired) electrons. The molecular weight excluding hydrogens is 390 g/mol. The molecule has 162 valence electrons. The first-order chi connectivity index (χ1) is 13.9. The van der Waals surface area contributed by atoms with Crippen LogP contribution >= 0.6 is 0 Å². The van der Waals surface area contributed by atoms with Crippen LogP contribution in [0.4, 0.5) is 5.69 Å². The summed E-state index contributed by atoms with van der Waals surface area (Å²) in [6.07, 6.45) is 5.30. The summed E-state index contributed by atoms with van der Waals surface area (Å²) >= 11 is 0. The zero-order chi connectivity index (χ0) is 20.9. The van der Waals surface area contributed by atoms with Gasteiger partial charge in [0.05, 0.1) is 23.7 Å². The van der Waals surface area contributed by atoms with Crippen molar-refractivity contribution in [1.82, 2.24) is 9.21 Å². The lowest BCUT2D eigenvalue weighted by molar-refractivity contribution is 0.0730. The Bertz CT molecular complexity index is 800. The SMILES string of the molecule is CCCCN(C)C(=O)c1cc(S(=O)(=O)N2CCOCC2)ccc1N1CCCCC1. The number of hydrogen-bond acceptors (Lipinski definition) is 5. The summed E-state index contributed by atoms with van der Waals surface area (Å²) in [5.41, 5.74) is 1.33. The number of morpholine rings is 1. The van der Waals surface area contributed by atoms with E-state index in [4.69, 9.17) is 4.74 Å². The van der Waals surface area contributed by atoms with E-state index in [0.29, 0.717) is 38.4 Å². The van der Waals surface area contributed by atoms with E-state index < -0.39 is 10.0 Å². The Balaban J connectivity index is 1.96. The highest BCUT2D eigenvalue weighted by molar-refractivity contribution is 7.89. The molecule has 0 N–H and O–H groups in total. The highest BCUT2D eigenvalue weighted by Crippen LogP contribution is 2.29. The van der Waals surface area contributed by atoms with Crippen molar-refractivity contribution >= 4 is 21.6 Å². The summed E-state index contributed by atoms with van der Waals surface area (Å²) in [4.78, 5) is 17.4. The van der Waals surface area contributed by atoms with Gasteiger partial charge in [-0.25, -0.2) is 8.42 Å². The fraction of sp³-hybridized carbons (Fsp3) is 0.667. The second-order valence-corrected chi connectivity index (χ2v) is 9.76. The maximum atomic E-state index is 13.2. The largest absolute Gasteiger partial charge is 0.379 e. The van der Waals surface area contributed by atoms with Crippen LogP contribution in [-0.4, -0.2) is 76.5 Å². The third kappa shape index (κ3) is 5.10. The second-order valence-electron chi connectivity index (χ2n) is 7.82. The highest BCUT2D eigenvalue weighted by atomic mass is 32.2. The van der Waals surface area contributed by atoms with Gasteiger partial charge in [0.1, 0.15) is 0 Å². The molecule has 2 heterocycles. The number of hydrogen-bond donors (Lipinski definition) is 0. The molecule has 1 aromatic carbocycles. The van der Waals surface area contributed by atoms with Crippen molar-refractivity contribution in [1.29, 1.82) is 0 Å². The van der Waals surface area contributed by atoms with Gasteiger partial charge in [-0.15, -0.1) is 0 Å². The van der Waals surface area contributed by atoms with Crippen molar-refractivity contribution in [3.63, 3.8) is 0 Å². The molecule has 7 nitrogen and oxygen atoms in total. The molecule has 0 spiro atoms. The Morgan fingerprint density at radius 3 is 2.45 bits per heavy atom. The van der Waals surface area contributed by atoms with Crippen molar-refractivity contribution in [2.24, 2.45) is 0 Å². The number of unbranched alkanes of at least 4 members (excludes halogenated alkanes) is 1. The molecule has 0 atom stereocenters. The topological polar surface area (TPSA) is 70.2 Å². The molecule has 0 bridgehead atoms. The van der Waals surface area contributed by atoms with E-state index in [9.17, 15) is 13.2 Å². The standard InChI is InChI=1S/C21H33N3O4S/c1-3-4-10-22(2)21(25)19-17-18(29(26,27)24-13-15-28-16-14-24)8-9-20(19)23-11-6-5-7-12-23/h8-9,17H,3-7,10-16H2,1-2H3. The summed E-state index contributed by atoms with van der Waals surface area (Å²) < 4.78 is 33.0. The van der Waals surface area contributed by atoms with Crippen LogP contribution in [0.25, 0.3) is 0 Å². The monoisotopic (exact) mass is 423 g/mol. The van der Waals surface area contributed by atoms with Gasteiger partial charge in [0.15, 0.2) is 0 Å². The first-order valence-electron chi connectivity index (χ1n) is 10.7. The number of anilines is 1. The van der Waals surface area contributed by atoms with Crippen molar-refractivity contribution in [3.8, 4) is 0 Å². The smallest absolute Gasteiger partial charge is 0.255 e. The maximum absolute atomic E-state index is 13.2. The Morgan fingerprint density at radius 1 is 1.10 bits per heavy atom. The molecule has 2 aliphatic heterocycles. The third-order valence-corrected chi connectivity index (χ3v) is 7.59. The molecule has 1 aromatic rings. The van der Waals surface area contributed by atoms with Gasteiger partial charge in [-0.05, 0) is 43.9 Å². The average Bonchev–Trinajstić information content (AvgIpc) is 2.77. The number of carbonyl (C=O) groups is 1. The number of nitrogens with zero attached hydrogens (tertiary/aromatic N) is 3. The van der Waals surface area contributed by atoms with Gasteiger partial charge in [0.2, 0.25) is 10.0 Å². The van der Waals surface area contributed by atoms with E-state index in [1.54, 1.807) is 24.1 Å². The molecular formula is C21H33N3O4S. The van der Waals surface area contributed by atoms with Gasteiger partial charge < -0.3 is 14.5 Å². The summed E-state index contributed by atoms with van der Waals surface area (Å²) in [7, 11) is -1.85. The quantitative estimate of drug-likeness (QED) is 0.674. The van der Waals surface area contributed by atoms with Crippen LogP contribution in [0.5, 0.6) is 0 Å². The average molecular weight is 424 g/mol. The molecule has 2 saturated heterocycles. The van der Waals surface area contributed by atoms with Crippen LogP contribution in [-0.2, 0) is 14.8 Å². The Kier molecular flexibility index (Phi) is 7.54. The minimum absolute atomic E-state index is 0.113. The Hall–Kier alpha value is -1.64. The first-order valence-corrected chi connectivity index (χ1v) is 12.1. The van der Waals surface area contributed by atoms with Crippen LogP contribution < -0.4 is 4.90 Å². The van der Waals surface area contributed by atoms with E-state index in [1.165, 1.54) is 10.7 Å². The van der Waals surface area contributed by atoms with E-state index in [1.807, 2.05) is 6.07 Å². The Labute approximate surface area is 174 Å². The predicted molar refractivity (Wildman–Crippen MR) is 114 cm³/mol. The molecule has 0 saturated carbocycles. The predicted octanol–water partition coefficient (Wildman–Crippen LogP) is 2.57. The van der Waals surface area contributed by atoms with Gasteiger partial charge in [0.25, 0.3) is 5.91 Å². The van der Waals surface area contributed by atoms with Gasteiger partial charge in [0, 0.05) is 45.5 Å². The van der Waals surface area contributed by atoms with Crippen LogP contribution in [0.3, 0.4) is 0 Å². The van der Waals surface area contributed by atoms with Gasteiger partial charge in [-0.3, -0.25) is 4.79 Å². The molecule has 2 aliphatic rings. The molecule has 8 heteroatoms. The van der Waals surface area contributed by atoms with Crippen LogP contribution in [0.1, 0.15) is 49.4 Å². The highest BCUT2D eigenvalue weighted by Gasteiger charge is 2.29. The molecule has 3 rings (SSSR count). The van der Waals surface area contributed by atoms with Gasteiger partial charge in [-0.2, -0.15) is 4.31 Å². The van der Waals surface area contributed by atoms with Crippen molar-refractivity contribution in [2.75, 3.05) is 57.9 Å². The molecule has 0 aromatic heterocycles. The van der Waals surface area contributed by atoms with Crippen LogP contribution in [0.2, 0.25) is 0 Å². The third-order valence-electron chi connectivity index (χ3n) is 5.70. The number of benzene rings is 1. The number of amides is 1. The molecule has 0 aliphatic carbocycles. The zero-order valence-electron chi connectivity index (χ0n) is 17.6. The van der Waals surface area contributed by atoms with Gasteiger partial charge in [-0.1, -0.05) is 13.3 Å². The number of carbonyl (C=O) groups excluding carboxylic acids is 1. The molecule has 29 heavy (non-hydrogen) atoms. The fourth-order valence-corrected chi connectivity index (χ4v) is 5.33. The van der Waals surface area contributed by atoms with Crippen LogP contribution in [0, 0.1) is 0 Å². The first kappa shape index (κ1) is 22.1. The number of sulfonamides is 1. The summed E-state index contributed by atoms with van der Waals surface area (Å²) in [6.45, 7) is 6.03. The minimum atomic E-state index is -3.64.